The Morgan fingerprint density at radius 1 is 1.00 bits per heavy atom. The Kier molecular flexibility index (Phi) is 6.37. The van der Waals surface area contributed by atoms with Crippen LogP contribution in [0.15, 0.2) is 59.0 Å². The van der Waals surface area contributed by atoms with Crippen molar-refractivity contribution >= 4 is 11.9 Å². The van der Waals surface area contributed by atoms with E-state index in [9.17, 15) is 9.18 Å². The molecular weight excluding hydrogens is 383 g/mol. The van der Waals surface area contributed by atoms with Crippen LogP contribution in [0, 0.1) is 5.82 Å². The van der Waals surface area contributed by atoms with Crippen molar-refractivity contribution in [3.8, 4) is 0 Å². The predicted octanol–water partition coefficient (Wildman–Crippen LogP) is 4.30. The molecule has 4 rings (SSSR count). The Bertz CT molecular complexity index is 951. The van der Waals surface area contributed by atoms with Crippen molar-refractivity contribution in [2.24, 2.45) is 0 Å². The quantitative estimate of drug-likeness (QED) is 0.658. The third-order valence-electron chi connectivity index (χ3n) is 5.30. The van der Waals surface area contributed by atoms with Crippen molar-refractivity contribution in [2.45, 2.75) is 38.1 Å². The molecular formula is C23H25FN4O2. The van der Waals surface area contributed by atoms with Crippen molar-refractivity contribution in [1.82, 2.24) is 15.5 Å². The number of rotatable bonds is 6. The summed E-state index contributed by atoms with van der Waals surface area (Å²) in [6.07, 6.45) is 5.14. The normalized spacial score (nSPS) is 15.4. The third-order valence-corrected chi connectivity index (χ3v) is 5.30. The topological polar surface area (TPSA) is 71.3 Å². The minimum absolute atomic E-state index is 0.314. The van der Waals surface area contributed by atoms with Gasteiger partial charge in [-0.2, -0.15) is 0 Å². The molecule has 0 spiro atoms. The molecule has 1 aliphatic heterocycles. The first kappa shape index (κ1) is 20.1. The van der Waals surface area contributed by atoms with Gasteiger partial charge in [0.15, 0.2) is 0 Å². The lowest BCUT2D eigenvalue weighted by atomic mass is 10.1. The molecule has 1 amide bonds. The molecule has 1 atom stereocenters. The number of aromatic nitrogens is 2. The largest absolute Gasteiger partial charge is 0.406 e. The molecule has 1 aromatic heterocycles. The zero-order valence-corrected chi connectivity index (χ0v) is 16.8. The summed E-state index contributed by atoms with van der Waals surface area (Å²) in [5, 5.41) is 11.5. The van der Waals surface area contributed by atoms with E-state index in [2.05, 4.69) is 20.4 Å². The lowest BCUT2D eigenvalue weighted by molar-refractivity contribution is 0.0930. The molecule has 2 heterocycles. The van der Waals surface area contributed by atoms with Crippen LogP contribution in [0.2, 0.25) is 0 Å². The minimum atomic E-state index is -0.488. The number of amides is 1. The van der Waals surface area contributed by atoms with Crippen LogP contribution >= 0.6 is 0 Å². The van der Waals surface area contributed by atoms with Gasteiger partial charge in [-0.15, -0.1) is 5.10 Å². The van der Waals surface area contributed by atoms with Crippen LogP contribution < -0.4 is 10.2 Å². The maximum Gasteiger partial charge on any atom is 0.318 e. The lowest BCUT2D eigenvalue weighted by Gasteiger charge is -2.18. The van der Waals surface area contributed by atoms with Gasteiger partial charge in [-0.05, 0) is 42.7 Å². The molecule has 0 bridgehead atoms. The van der Waals surface area contributed by atoms with Gasteiger partial charge >= 0.3 is 6.01 Å². The summed E-state index contributed by atoms with van der Waals surface area (Å²) in [4.78, 5) is 14.9. The molecule has 1 N–H and O–H groups in total. The standard InChI is InChI=1S/C23H25FN4O2/c24-19-12-10-18(11-13-19)21(29)25-20(16-17-8-4-3-5-9-17)22-26-27-23(30-22)28-14-6-1-2-7-15-28/h3-5,8-13,20H,1-2,6-7,14-16H2,(H,25,29)/t20-/m1/s1. The number of halogens is 1. The third kappa shape index (κ3) is 5.03. The van der Waals surface area contributed by atoms with Crippen LogP contribution in [0.4, 0.5) is 10.4 Å². The first-order valence-corrected chi connectivity index (χ1v) is 10.4. The Morgan fingerprint density at radius 3 is 2.40 bits per heavy atom. The van der Waals surface area contributed by atoms with Crippen molar-refractivity contribution in [2.75, 3.05) is 18.0 Å². The molecule has 156 valence electrons. The van der Waals surface area contributed by atoms with Gasteiger partial charge in [0.1, 0.15) is 11.9 Å². The van der Waals surface area contributed by atoms with Gasteiger partial charge in [-0.1, -0.05) is 48.3 Å². The summed E-state index contributed by atoms with van der Waals surface area (Å²) in [6, 6.07) is 15.3. The van der Waals surface area contributed by atoms with E-state index < -0.39 is 6.04 Å². The highest BCUT2D eigenvalue weighted by Gasteiger charge is 2.24. The van der Waals surface area contributed by atoms with Crippen molar-refractivity contribution in [3.05, 3.63) is 77.4 Å². The Hall–Kier alpha value is -3.22. The number of nitrogens with one attached hydrogen (secondary N) is 1. The number of hydrogen-bond donors (Lipinski definition) is 1. The van der Waals surface area contributed by atoms with E-state index in [0.29, 0.717) is 23.9 Å². The molecule has 0 unspecified atom stereocenters. The average molecular weight is 408 g/mol. The van der Waals surface area contributed by atoms with E-state index in [1.165, 1.54) is 37.1 Å². The van der Waals surface area contributed by atoms with E-state index in [1.807, 2.05) is 30.3 Å². The number of nitrogens with zero attached hydrogens (tertiary/aromatic N) is 3. The maximum absolute atomic E-state index is 13.2. The molecule has 0 saturated carbocycles. The summed E-state index contributed by atoms with van der Waals surface area (Å²) >= 11 is 0. The number of carbonyl (C=O) groups excluding carboxylic acids is 1. The van der Waals surface area contributed by atoms with Gasteiger partial charge < -0.3 is 14.6 Å². The maximum atomic E-state index is 13.2. The first-order chi connectivity index (χ1) is 14.7. The summed E-state index contributed by atoms with van der Waals surface area (Å²) in [5.41, 5.74) is 1.41. The summed E-state index contributed by atoms with van der Waals surface area (Å²) in [7, 11) is 0. The summed E-state index contributed by atoms with van der Waals surface area (Å²) in [6.45, 7) is 1.79. The molecule has 2 aromatic carbocycles. The van der Waals surface area contributed by atoms with Crippen LogP contribution in [-0.4, -0.2) is 29.2 Å². The number of hydrogen-bond acceptors (Lipinski definition) is 5. The van der Waals surface area contributed by atoms with Crippen molar-refractivity contribution in [1.29, 1.82) is 0 Å². The van der Waals surface area contributed by atoms with E-state index in [1.54, 1.807) is 0 Å². The molecule has 3 aromatic rings. The molecule has 7 heteroatoms. The van der Waals surface area contributed by atoms with E-state index in [4.69, 9.17) is 4.42 Å². The highest BCUT2D eigenvalue weighted by molar-refractivity contribution is 5.94. The fourth-order valence-electron chi connectivity index (χ4n) is 3.65. The van der Waals surface area contributed by atoms with Gasteiger partial charge in [-0.3, -0.25) is 4.79 Å². The van der Waals surface area contributed by atoms with E-state index >= 15 is 0 Å². The van der Waals surface area contributed by atoms with Crippen molar-refractivity contribution < 1.29 is 13.6 Å². The zero-order valence-electron chi connectivity index (χ0n) is 16.8. The number of carbonyl (C=O) groups is 1. The number of benzene rings is 2. The first-order valence-electron chi connectivity index (χ1n) is 10.4. The highest BCUT2D eigenvalue weighted by atomic mass is 19.1. The van der Waals surface area contributed by atoms with Gasteiger partial charge in [0, 0.05) is 25.1 Å². The van der Waals surface area contributed by atoms with Crippen LogP contribution in [0.5, 0.6) is 0 Å². The van der Waals surface area contributed by atoms with Gasteiger partial charge in [-0.25, -0.2) is 4.39 Å². The lowest BCUT2D eigenvalue weighted by Crippen LogP contribution is -2.30. The SMILES string of the molecule is O=C(N[C@H](Cc1ccccc1)c1nnc(N2CCCCCC2)o1)c1ccc(F)cc1. The molecule has 1 aliphatic rings. The van der Waals surface area contributed by atoms with E-state index in [-0.39, 0.29) is 11.7 Å². The van der Waals surface area contributed by atoms with Gasteiger partial charge in [0.2, 0.25) is 5.89 Å². The second kappa shape index (κ2) is 9.52. The summed E-state index contributed by atoms with van der Waals surface area (Å²) < 4.78 is 19.2. The second-order valence-corrected chi connectivity index (χ2v) is 7.55. The highest BCUT2D eigenvalue weighted by Crippen LogP contribution is 2.23. The Labute approximate surface area is 175 Å². The van der Waals surface area contributed by atoms with Crippen LogP contribution in [0.25, 0.3) is 0 Å². The Morgan fingerprint density at radius 2 is 1.70 bits per heavy atom. The monoisotopic (exact) mass is 408 g/mol. The second-order valence-electron chi connectivity index (χ2n) is 7.55. The van der Waals surface area contributed by atoms with Crippen LogP contribution in [0.1, 0.15) is 53.5 Å². The van der Waals surface area contributed by atoms with Gasteiger partial charge in [0.25, 0.3) is 5.91 Å². The minimum Gasteiger partial charge on any atom is -0.406 e. The van der Waals surface area contributed by atoms with Crippen LogP contribution in [0.3, 0.4) is 0 Å². The molecule has 0 radical (unpaired) electrons. The van der Waals surface area contributed by atoms with Gasteiger partial charge in [0.05, 0.1) is 0 Å². The fraction of sp³-hybridized carbons (Fsp3) is 0.348. The fourth-order valence-corrected chi connectivity index (χ4v) is 3.65. The predicted molar refractivity (Wildman–Crippen MR) is 112 cm³/mol. The Balaban J connectivity index is 1.55. The molecule has 30 heavy (non-hydrogen) atoms. The van der Waals surface area contributed by atoms with E-state index in [0.717, 1.165) is 31.5 Å². The van der Waals surface area contributed by atoms with Crippen LogP contribution in [-0.2, 0) is 6.42 Å². The average Bonchev–Trinajstić information content (AvgIpc) is 3.10. The number of anilines is 1. The van der Waals surface area contributed by atoms with Crippen molar-refractivity contribution in [3.63, 3.8) is 0 Å². The smallest absolute Gasteiger partial charge is 0.318 e. The summed E-state index contributed by atoms with van der Waals surface area (Å²) in [5.74, 6) is -0.328. The molecule has 1 saturated heterocycles. The molecule has 1 fully saturated rings. The zero-order chi connectivity index (χ0) is 20.8. The molecule has 0 aliphatic carbocycles. The molecule has 6 nitrogen and oxygen atoms in total.